The Morgan fingerprint density at radius 2 is 1.60 bits per heavy atom. The van der Waals surface area contributed by atoms with Gasteiger partial charge in [0.15, 0.2) is 11.6 Å². The van der Waals surface area contributed by atoms with Crippen molar-refractivity contribution in [2.75, 3.05) is 99.2 Å². The molecule has 2 aromatic heterocycles. The van der Waals surface area contributed by atoms with Crippen molar-refractivity contribution in [1.29, 1.82) is 0 Å². The molecule has 0 unspecified atom stereocenters. The topological polar surface area (TPSA) is 154 Å². The van der Waals surface area contributed by atoms with Crippen LogP contribution in [0.15, 0.2) is 48.8 Å². The predicted octanol–water partition coefficient (Wildman–Crippen LogP) is 4.46. The zero-order chi connectivity index (χ0) is 37.0. The lowest BCUT2D eigenvalue weighted by Crippen LogP contribution is -2.49. The van der Waals surface area contributed by atoms with E-state index in [0.717, 1.165) is 88.8 Å². The largest absolute Gasteiger partial charge is 0.492 e. The highest BCUT2D eigenvalue weighted by molar-refractivity contribution is 7.92. The van der Waals surface area contributed by atoms with E-state index in [1.807, 2.05) is 45.9 Å². The molecule has 1 amide bonds. The molecule has 2 aliphatic heterocycles. The van der Waals surface area contributed by atoms with Gasteiger partial charge in [0.1, 0.15) is 17.7 Å². The summed E-state index contributed by atoms with van der Waals surface area (Å²) >= 11 is 0. The number of aryl methyl sites for hydroxylation is 1. The molecule has 52 heavy (non-hydrogen) atoms. The van der Waals surface area contributed by atoms with E-state index in [2.05, 4.69) is 40.0 Å². The zero-order valence-electron chi connectivity index (χ0n) is 30.8. The van der Waals surface area contributed by atoms with Crippen molar-refractivity contribution >= 4 is 55.7 Å². The Hall–Kier alpha value is -4.57. The Bertz CT molecular complexity index is 2020. The first-order valence-electron chi connectivity index (χ1n) is 17.6. The maximum absolute atomic E-state index is 13.7. The minimum Gasteiger partial charge on any atom is -0.492 e. The van der Waals surface area contributed by atoms with Gasteiger partial charge in [-0.1, -0.05) is 26.8 Å². The minimum atomic E-state index is -3.62. The molecule has 0 saturated carbocycles. The summed E-state index contributed by atoms with van der Waals surface area (Å²) in [5, 5.41) is 6.36. The molecule has 0 bridgehead atoms. The summed E-state index contributed by atoms with van der Waals surface area (Å²) in [7, 11) is -2.19. The van der Waals surface area contributed by atoms with Crippen LogP contribution in [0.4, 0.5) is 28.7 Å². The minimum absolute atomic E-state index is 0.209. The summed E-state index contributed by atoms with van der Waals surface area (Å²) in [5.41, 5.74) is 4.38. The number of morpholine rings is 1. The van der Waals surface area contributed by atoms with Crippen LogP contribution in [0, 0.1) is 6.92 Å². The number of carbonyl (C=O) groups is 1. The highest BCUT2D eigenvalue weighted by atomic mass is 32.2. The van der Waals surface area contributed by atoms with Gasteiger partial charge in [-0.05, 0) is 59.9 Å². The maximum Gasteiger partial charge on any atom is 0.255 e. The van der Waals surface area contributed by atoms with Crippen molar-refractivity contribution in [2.45, 2.75) is 33.1 Å². The number of sulfonamides is 1. The molecular formula is C37H49N9O5S. The Balaban J connectivity index is 1.19. The van der Waals surface area contributed by atoms with Crippen molar-refractivity contribution < 1.29 is 22.7 Å². The molecule has 15 heteroatoms. The summed E-state index contributed by atoms with van der Waals surface area (Å²) < 4.78 is 38.0. The molecule has 6 rings (SSSR count). The summed E-state index contributed by atoms with van der Waals surface area (Å²) in [6.45, 7) is 17.4. The van der Waals surface area contributed by atoms with E-state index < -0.39 is 15.9 Å². The smallest absolute Gasteiger partial charge is 0.255 e. The molecule has 2 fully saturated rings. The number of anilines is 5. The van der Waals surface area contributed by atoms with Gasteiger partial charge in [-0.15, -0.1) is 0 Å². The van der Waals surface area contributed by atoms with Gasteiger partial charge in [0.25, 0.3) is 5.91 Å². The van der Waals surface area contributed by atoms with Gasteiger partial charge in [-0.25, -0.2) is 23.4 Å². The fourth-order valence-corrected chi connectivity index (χ4v) is 6.93. The molecule has 4 heterocycles. The number of methoxy groups -OCH3 is 1. The summed E-state index contributed by atoms with van der Waals surface area (Å²) in [4.78, 5) is 35.1. The van der Waals surface area contributed by atoms with Crippen molar-refractivity contribution in [3.05, 3.63) is 65.5 Å². The summed E-state index contributed by atoms with van der Waals surface area (Å²) in [5.74, 6) is 1.22. The molecule has 278 valence electrons. The average molecular weight is 732 g/mol. The van der Waals surface area contributed by atoms with Gasteiger partial charge in [0.2, 0.25) is 10.0 Å². The second kappa shape index (κ2) is 15.6. The first kappa shape index (κ1) is 37.2. The Morgan fingerprint density at radius 3 is 2.27 bits per heavy atom. The van der Waals surface area contributed by atoms with E-state index in [4.69, 9.17) is 14.5 Å². The highest BCUT2D eigenvalue weighted by Gasteiger charge is 2.24. The highest BCUT2D eigenvalue weighted by Crippen LogP contribution is 2.39. The van der Waals surface area contributed by atoms with Gasteiger partial charge >= 0.3 is 0 Å². The quantitative estimate of drug-likeness (QED) is 0.200. The van der Waals surface area contributed by atoms with E-state index in [9.17, 15) is 13.2 Å². The first-order valence-corrected chi connectivity index (χ1v) is 19.4. The molecule has 0 radical (unpaired) electrons. The van der Waals surface area contributed by atoms with Crippen molar-refractivity contribution in [3.8, 4) is 5.75 Å². The van der Waals surface area contributed by atoms with Crippen LogP contribution in [0.2, 0.25) is 0 Å². The second-order valence-electron chi connectivity index (χ2n) is 14.4. The molecule has 0 spiro atoms. The lowest BCUT2D eigenvalue weighted by molar-refractivity contribution is 0.0331. The SMILES string of the molecule is COc1c(NC(=O)c2ccc(C)c(Nc3ncnc4ccc(N5CCN(CCN6CCOCC6)CC5)nc34)c2)cc(C(C)(C)C)cc1NS(C)(=O)=O. The average Bonchev–Trinajstić information content (AvgIpc) is 3.11. The Kier molecular flexibility index (Phi) is 11.1. The standard InChI is InChI=1S/C37H49N9O5S/c1-25-7-8-26(36(47)41-30-22-27(37(2,3)4)23-31(34(30)50-5)43-52(6,48)49)21-29(25)40-35-33-28(38-24-39-35)9-10-32(42-33)46-15-13-44(14-16-46)11-12-45-17-19-51-20-18-45/h7-10,21-24,43H,11-20H2,1-6H3,(H,41,47)(H,38,39,40). The number of nitrogens with one attached hydrogen (secondary N) is 3. The summed E-state index contributed by atoms with van der Waals surface area (Å²) in [6.07, 6.45) is 2.57. The monoisotopic (exact) mass is 731 g/mol. The third-order valence-electron chi connectivity index (χ3n) is 9.46. The van der Waals surface area contributed by atoms with E-state index in [1.54, 1.807) is 24.3 Å². The molecule has 2 aromatic carbocycles. The van der Waals surface area contributed by atoms with Gasteiger partial charge in [-0.2, -0.15) is 0 Å². The number of rotatable bonds is 11. The number of pyridine rings is 1. The molecule has 2 saturated heterocycles. The molecule has 4 aromatic rings. The molecular weight excluding hydrogens is 683 g/mol. The number of hydrogen-bond donors (Lipinski definition) is 3. The molecule has 2 aliphatic rings. The predicted molar refractivity (Wildman–Crippen MR) is 206 cm³/mol. The van der Waals surface area contributed by atoms with Crippen LogP contribution in [0.1, 0.15) is 42.3 Å². The van der Waals surface area contributed by atoms with E-state index in [1.165, 1.54) is 13.4 Å². The van der Waals surface area contributed by atoms with Gasteiger partial charge in [0, 0.05) is 63.6 Å². The molecule has 14 nitrogen and oxygen atoms in total. The first-order chi connectivity index (χ1) is 24.8. The van der Waals surface area contributed by atoms with Crippen LogP contribution in [0.3, 0.4) is 0 Å². The summed E-state index contributed by atoms with van der Waals surface area (Å²) in [6, 6.07) is 12.9. The van der Waals surface area contributed by atoms with Crippen molar-refractivity contribution in [2.24, 2.45) is 0 Å². The number of hydrogen-bond acceptors (Lipinski definition) is 12. The third kappa shape index (κ3) is 9.07. The number of nitrogens with zero attached hydrogens (tertiary/aromatic N) is 6. The lowest BCUT2D eigenvalue weighted by Gasteiger charge is -2.37. The fourth-order valence-electron chi connectivity index (χ4n) is 6.38. The van der Waals surface area contributed by atoms with Gasteiger partial charge in [-0.3, -0.25) is 19.3 Å². The molecule has 3 N–H and O–H groups in total. The number of aromatic nitrogens is 3. The van der Waals surface area contributed by atoms with Crippen LogP contribution in [-0.4, -0.2) is 118 Å². The normalized spacial score (nSPS) is 16.2. The molecule has 0 atom stereocenters. The number of ether oxygens (including phenoxy) is 2. The van der Waals surface area contributed by atoms with Gasteiger partial charge < -0.3 is 25.0 Å². The van der Waals surface area contributed by atoms with E-state index in [-0.39, 0.29) is 16.9 Å². The van der Waals surface area contributed by atoms with Crippen LogP contribution >= 0.6 is 0 Å². The number of amides is 1. The Morgan fingerprint density at radius 1 is 0.904 bits per heavy atom. The maximum atomic E-state index is 13.7. The fraction of sp³-hybridized carbons (Fsp3) is 0.459. The van der Waals surface area contributed by atoms with Crippen LogP contribution in [0.25, 0.3) is 11.0 Å². The third-order valence-corrected chi connectivity index (χ3v) is 10.0. The zero-order valence-corrected chi connectivity index (χ0v) is 31.6. The number of carbonyl (C=O) groups excluding carboxylic acids is 1. The number of benzene rings is 2. The van der Waals surface area contributed by atoms with Crippen LogP contribution < -0.4 is 25.0 Å². The van der Waals surface area contributed by atoms with Crippen molar-refractivity contribution in [1.82, 2.24) is 24.8 Å². The van der Waals surface area contributed by atoms with Crippen molar-refractivity contribution in [3.63, 3.8) is 0 Å². The number of piperazine rings is 1. The van der Waals surface area contributed by atoms with Gasteiger partial charge in [0.05, 0.1) is 43.5 Å². The number of fused-ring (bicyclic) bond motifs is 1. The second-order valence-corrected chi connectivity index (χ2v) is 16.1. The van der Waals surface area contributed by atoms with E-state index >= 15 is 0 Å². The van der Waals surface area contributed by atoms with Crippen LogP contribution in [0.5, 0.6) is 5.75 Å². The van der Waals surface area contributed by atoms with E-state index in [0.29, 0.717) is 33.8 Å². The molecule has 0 aliphatic carbocycles. The Labute approximate surface area is 306 Å². The van der Waals surface area contributed by atoms with Crippen LogP contribution in [-0.2, 0) is 20.2 Å². The lowest BCUT2D eigenvalue weighted by atomic mass is 9.86.